The number of ketones is 1. The average molecular weight is 269 g/mol. The minimum atomic E-state index is -1.09. The Balaban J connectivity index is 0.000000704. The molecule has 3 rings (SSSR count). The van der Waals surface area contributed by atoms with Gasteiger partial charge in [0.15, 0.2) is 5.78 Å². The standard InChI is InChI=1S/C14H9NO3.C2H6/c16-13-9-4-2-1-3-8(7-9)12-10(13)5-6-11(15-12)14(17)18;1-2/h1-7,9H,(H,17,18);1-2H3. The first-order valence-electron chi connectivity index (χ1n) is 6.52. The number of nitrogens with zero attached hydrogens (tertiary/aromatic N) is 1. The molecule has 1 N–H and O–H groups in total. The molecule has 1 unspecified atom stereocenters. The second-order valence-electron chi connectivity index (χ2n) is 4.15. The van der Waals surface area contributed by atoms with Gasteiger partial charge in [0.2, 0.25) is 0 Å². The van der Waals surface area contributed by atoms with Crippen molar-refractivity contribution in [2.24, 2.45) is 5.92 Å². The van der Waals surface area contributed by atoms with Gasteiger partial charge in [-0.05, 0) is 17.7 Å². The summed E-state index contributed by atoms with van der Waals surface area (Å²) in [6.45, 7) is 4.00. The zero-order chi connectivity index (χ0) is 14.7. The van der Waals surface area contributed by atoms with E-state index in [2.05, 4.69) is 4.98 Å². The fourth-order valence-electron chi connectivity index (χ4n) is 2.15. The van der Waals surface area contributed by atoms with Gasteiger partial charge in [-0.15, -0.1) is 0 Å². The Hall–Kier alpha value is -2.49. The summed E-state index contributed by atoms with van der Waals surface area (Å²) in [6.07, 6.45) is 9.10. The quantitative estimate of drug-likeness (QED) is 0.850. The number of carboxylic acids is 1. The van der Waals surface area contributed by atoms with E-state index in [0.29, 0.717) is 11.3 Å². The minimum Gasteiger partial charge on any atom is -0.477 e. The first-order chi connectivity index (χ1) is 9.66. The van der Waals surface area contributed by atoms with Crippen molar-refractivity contribution in [2.75, 3.05) is 0 Å². The van der Waals surface area contributed by atoms with Gasteiger partial charge in [-0.3, -0.25) is 4.79 Å². The molecule has 102 valence electrons. The lowest BCUT2D eigenvalue weighted by Gasteiger charge is -2.18. The number of pyridine rings is 1. The highest BCUT2D eigenvalue weighted by Crippen LogP contribution is 2.31. The van der Waals surface area contributed by atoms with Crippen molar-refractivity contribution in [1.29, 1.82) is 0 Å². The molecule has 0 spiro atoms. The van der Waals surface area contributed by atoms with E-state index in [4.69, 9.17) is 5.11 Å². The summed E-state index contributed by atoms with van der Waals surface area (Å²) in [5.41, 5.74) is 1.68. The Morgan fingerprint density at radius 2 is 2.00 bits per heavy atom. The van der Waals surface area contributed by atoms with E-state index < -0.39 is 5.97 Å². The van der Waals surface area contributed by atoms with Crippen LogP contribution in [0.2, 0.25) is 0 Å². The van der Waals surface area contributed by atoms with E-state index in [1.165, 1.54) is 6.07 Å². The molecule has 0 saturated heterocycles. The summed E-state index contributed by atoms with van der Waals surface area (Å²) in [5, 5.41) is 8.94. The van der Waals surface area contributed by atoms with Crippen LogP contribution in [-0.4, -0.2) is 21.8 Å². The second-order valence-corrected chi connectivity index (χ2v) is 4.15. The van der Waals surface area contributed by atoms with E-state index in [1.807, 2.05) is 44.2 Å². The number of hydrogen-bond acceptors (Lipinski definition) is 3. The van der Waals surface area contributed by atoms with Crippen molar-refractivity contribution >= 4 is 17.3 Å². The molecule has 0 amide bonds. The number of carbonyl (C=O) groups excluding carboxylic acids is 1. The van der Waals surface area contributed by atoms with Crippen LogP contribution in [0.25, 0.3) is 5.57 Å². The van der Waals surface area contributed by atoms with Gasteiger partial charge in [0, 0.05) is 5.56 Å². The van der Waals surface area contributed by atoms with E-state index in [-0.39, 0.29) is 17.4 Å². The molecule has 20 heavy (non-hydrogen) atoms. The highest BCUT2D eigenvalue weighted by molar-refractivity contribution is 6.08. The van der Waals surface area contributed by atoms with Crippen LogP contribution in [0.4, 0.5) is 0 Å². The molecule has 4 heteroatoms. The number of Topliss-reactive ketones (excluding diaryl/α,β-unsaturated/α-hetero) is 1. The molecular formula is C16H15NO3. The van der Waals surface area contributed by atoms with Gasteiger partial charge in [0.05, 0.1) is 11.6 Å². The highest BCUT2D eigenvalue weighted by Gasteiger charge is 2.27. The van der Waals surface area contributed by atoms with Crippen molar-refractivity contribution < 1.29 is 14.7 Å². The number of rotatable bonds is 1. The number of aromatic nitrogens is 1. The zero-order valence-electron chi connectivity index (χ0n) is 11.3. The highest BCUT2D eigenvalue weighted by atomic mass is 16.4. The lowest BCUT2D eigenvalue weighted by Crippen LogP contribution is -2.19. The lowest BCUT2D eigenvalue weighted by atomic mass is 9.87. The predicted octanol–water partition coefficient (Wildman–Crippen LogP) is 3.13. The molecule has 1 aromatic rings. The van der Waals surface area contributed by atoms with E-state index in [9.17, 15) is 9.59 Å². The third-order valence-electron chi connectivity index (χ3n) is 3.02. The summed E-state index contributed by atoms with van der Waals surface area (Å²) in [7, 11) is 0. The largest absolute Gasteiger partial charge is 0.477 e. The maximum atomic E-state index is 12.2. The van der Waals surface area contributed by atoms with Gasteiger partial charge in [0.1, 0.15) is 5.69 Å². The van der Waals surface area contributed by atoms with Gasteiger partial charge in [-0.25, -0.2) is 9.78 Å². The third kappa shape index (κ3) is 2.32. The second kappa shape index (κ2) is 5.65. The number of carboxylic acid groups (broad SMARTS) is 1. The Labute approximate surface area is 117 Å². The summed E-state index contributed by atoms with van der Waals surface area (Å²) in [6, 6.07) is 2.91. The van der Waals surface area contributed by atoms with Crippen LogP contribution < -0.4 is 0 Å². The van der Waals surface area contributed by atoms with Crippen molar-refractivity contribution in [3.05, 3.63) is 59.5 Å². The van der Waals surface area contributed by atoms with E-state index in [1.54, 1.807) is 6.07 Å². The third-order valence-corrected chi connectivity index (χ3v) is 3.02. The Morgan fingerprint density at radius 1 is 1.25 bits per heavy atom. The maximum Gasteiger partial charge on any atom is 0.354 e. The van der Waals surface area contributed by atoms with Crippen molar-refractivity contribution in [1.82, 2.24) is 4.98 Å². The monoisotopic (exact) mass is 269 g/mol. The van der Waals surface area contributed by atoms with E-state index >= 15 is 0 Å². The minimum absolute atomic E-state index is 0.0434. The average Bonchev–Trinajstić information content (AvgIpc) is 2.70. The topological polar surface area (TPSA) is 67.3 Å². The van der Waals surface area contributed by atoms with Crippen LogP contribution in [0.15, 0.2) is 42.5 Å². The summed E-state index contributed by atoms with van der Waals surface area (Å²) >= 11 is 0. The van der Waals surface area contributed by atoms with Gasteiger partial charge in [-0.2, -0.15) is 0 Å². The van der Waals surface area contributed by atoms with Crippen molar-refractivity contribution in [3.8, 4) is 0 Å². The SMILES string of the molecule is CC.O=C(O)c1ccc2c(n1)C1=CC(C=CC=C1)C2=O. The fourth-order valence-corrected chi connectivity index (χ4v) is 2.15. The van der Waals surface area contributed by atoms with Gasteiger partial charge in [0.25, 0.3) is 0 Å². The molecule has 4 nitrogen and oxygen atoms in total. The molecule has 0 radical (unpaired) electrons. The van der Waals surface area contributed by atoms with Crippen LogP contribution in [0.3, 0.4) is 0 Å². The van der Waals surface area contributed by atoms with Crippen LogP contribution in [0.5, 0.6) is 0 Å². The Morgan fingerprint density at radius 3 is 2.70 bits per heavy atom. The van der Waals surface area contributed by atoms with Crippen molar-refractivity contribution in [2.45, 2.75) is 13.8 Å². The summed E-state index contributed by atoms with van der Waals surface area (Å²) < 4.78 is 0. The van der Waals surface area contributed by atoms with E-state index in [0.717, 1.165) is 5.57 Å². The molecule has 0 fully saturated rings. The Kier molecular flexibility index (Phi) is 3.94. The summed E-state index contributed by atoms with van der Waals surface area (Å²) in [4.78, 5) is 27.1. The molecule has 0 saturated carbocycles. The molecule has 2 aliphatic rings. The molecule has 0 aromatic carbocycles. The normalized spacial score (nSPS) is 18.4. The van der Waals surface area contributed by atoms with Crippen LogP contribution >= 0.6 is 0 Å². The van der Waals surface area contributed by atoms with Crippen LogP contribution in [-0.2, 0) is 0 Å². The first-order valence-corrected chi connectivity index (χ1v) is 6.52. The van der Waals surface area contributed by atoms with Gasteiger partial charge < -0.3 is 5.11 Å². The van der Waals surface area contributed by atoms with Crippen LogP contribution in [0, 0.1) is 5.92 Å². The smallest absolute Gasteiger partial charge is 0.354 e. The Bertz CT molecular complexity index is 654. The number of allylic oxidation sites excluding steroid dienone is 6. The zero-order valence-corrected chi connectivity index (χ0v) is 11.3. The van der Waals surface area contributed by atoms with Crippen LogP contribution in [0.1, 0.15) is 40.4 Å². The number of aromatic carboxylic acids is 1. The predicted molar refractivity (Wildman–Crippen MR) is 76.6 cm³/mol. The molecule has 1 aromatic heterocycles. The lowest BCUT2D eigenvalue weighted by molar-refractivity contribution is 0.0689. The first kappa shape index (κ1) is 13.9. The number of fused-ring (bicyclic) bond motifs is 3. The number of hydrogen-bond donors (Lipinski definition) is 1. The molecule has 2 aliphatic carbocycles. The molecule has 1 atom stereocenters. The molecule has 2 bridgehead atoms. The number of carbonyl (C=O) groups is 2. The fraction of sp³-hybridized carbons (Fsp3) is 0.188. The molecule has 0 aliphatic heterocycles. The van der Waals surface area contributed by atoms with Crippen molar-refractivity contribution in [3.63, 3.8) is 0 Å². The maximum absolute atomic E-state index is 12.2. The van der Waals surface area contributed by atoms with Gasteiger partial charge in [-0.1, -0.05) is 44.2 Å². The molecule has 1 heterocycles. The van der Waals surface area contributed by atoms with Gasteiger partial charge >= 0.3 is 5.97 Å². The molecular weight excluding hydrogens is 254 g/mol. The summed E-state index contributed by atoms with van der Waals surface area (Å²) in [5.74, 6) is -1.41.